The molecule has 0 unspecified atom stereocenters. The second-order valence-corrected chi connectivity index (χ2v) is 6.23. The minimum absolute atomic E-state index is 0.391. The van der Waals surface area contributed by atoms with E-state index in [9.17, 15) is 0 Å². The number of allylic oxidation sites excluding steroid dienone is 1. The van der Waals surface area contributed by atoms with E-state index >= 15 is 0 Å². The van der Waals surface area contributed by atoms with Gasteiger partial charge in [0.05, 0.1) is 0 Å². The lowest BCUT2D eigenvalue weighted by molar-refractivity contribution is 0.305. The fourth-order valence-electron chi connectivity index (χ4n) is 2.96. The van der Waals surface area contributed by atoms with Crippen LogP contribution in [0.15, 0.2) is 67.3 Å². The van der Waals surface area contributed by atoms with E-state index < -0.39 is 0 Å². The first-order valence-electron chi connectivity index (χ1n) is 8.63. The summed E-state index contributed by atoms with van der Waals surface area (Å²) in [7, 11) is 0. The van der Waals surface area contributed by atoms with Gasteiger partial charge in [0.15, 0.2) is 0 Å². The summed E-state index contributed by atoms with van der Waals surface area (Å²) in [5.41, 5.74) is 2.49. The zero-order valence-corrected chi connectivity index (χ0v) is 14.4. The van der Waals surface area contributed by atoms with Gasteiger partial charge < -0.3 is 4.74 Å². The highest BCUT2D eigenvalue weighted by atomic mass is 16.5. The molecule has 0 radical (unpaired) electrons. The summed E-state index contributed by atoms with van der Waals surface area (Å²) >= 11 is 0. The van der Waals surface area contributed by atoms with Gasteiger partial charge in [-0.1, -0.05) is 75.2 Å². The van der Waals surface area contributed by atoms with Crippen LogP contribution in [0.5, 0.6) is 5.75 Å². The van der Waals surface area contributed by atoms with E-state index in [-0.39, 0.29) is 0 Å². The predicted molar refractivity (Wildman–Crippen MR) is 98.8 cm³/mol. The van der Waals surface area contributed by atoms with Crippen LogP contribution in [0.25, 0.3) is 0 Å². The summed E-state index contributed by atoms with van der Waals surface area (Å²) in [6, 6.07) is 18.7. The predicted octanol–water partition coefficient (Wildman–Crippen LogP) is 6.36. The van der Waals surface area contributed by atoms with Crippen molar-refractivity contribution in [2.45, 2.75) is 45.6 Å². The Morgan fingerprint density at radius 1 is 1.09 bits per heavy atom. The molecular weight excluding hydrogens is 280 g/mol. The second kappa shape index (κ2) is 9.19. The highest BCUT2D eigenvalue weighted by molar-refractivity contribution is 5.33. The Morgan fingerprint density at radius 3 is 2.57 bits per heavy atom. The Bertz CT molecular complexity index is 588. The monoisotopic (exact) mass is 308 g/mol. The van der Waals surface area contributed by atoms with Crippen molar-refractivity contribution in [2.75, 3.05) is 0 Å². The molecule has 0 aliphatic carbocycles. The average Bonchev–Trinajstić information content (AvgIpc) is 2.60. The second-order valence-electron chi connectivity index (χ2n) is 6.23. The summed E-state index contributed by atoms with van der Waals surface area (Å²) in [5.74, 6) is 1.93. The van der Waals surface area contributed by atoms with E-state index in [1.807, 2.05) is 24.3 Å². The molecule has 0 amide bonds. The van der Waals surface area contributed by atoms with Crippen molar-refractivity contribution in [3.8, 4) is 5.75 Å². The van der Waals surface area contributed by atoms with Crippen LogP contribution >= 0.6 is 0 Å². The van der Waals surface area contributed by atoms with Crippen molar-refractivity contribution in [3.63, 3.8) is 0 Å². The van der Waals surface area contributed by atoms with Gasteiger partial charge in [-0.2, -0.15) is 0 Å². The summed E-state index contributed by atoms with van der Waals surface area (Å²) in [5, 5.41) is 0. The van der Waals surface area contributed by atoms with Crippen LogP contribution in [0, 0.1) is 5.92 Å². The standard InChI is InChI=1S/C22H28O/c1-4-6-11-18(3)22(5-2)20-14-10-15-21(16-20)23-17-19-12-8-7-9-13-19/h5,7-10,12-16,18,22H,2,4,6,11,17H2,1,3H3/t18-,22+/m0/s1. The minimum atomic E-state index is 0.391. The maximum atomic E-state index is 5.95. The first-order valence-corrected chi connectivity index (χ1v) is 8.63. The summed E-state index contributed by atoms with van der Waals surface area (Å²) in [6.45, 7) is 9.22. The van der Waals surface area contributed by atoms with Crippen LogP contribution in [0.1, 0.15) is 50.2 Å². The van der Waals surface area contributed by atoms with E-state index in [1.165, 1.54) is 30.4 Å². The molecule has 1 heteroatoms. The van der Waals surface area contributed by atoms with Crippen LogP contribution in [0.4, 0.5) is 0 Å². The Labute approximate surface area is 141 Å². The fourth-order valence-corrected chi connectivity index (χ4v) is 2.96. The molecule has 0 saturated heterocycles. The van der Waals surface area contributed by atoms with Crippen LogP contribution < -0.4 is 4.74 Å². The van der Waals surface area contributed by atoms with Gasteiger partial charge >= 0.3 is 0 Å². The molecule has 0 fully saturated rings. The fraction of sp³-hybridized carbons (Fsp3) is 0.364. The minimum Gasteiger partial charge on any atom is -0.489 e. The highest BCUT2D eigenvalue weighted by Gasteiger charge is 2.16. The lowest BCUT2D eigenvalue weighted by Crippen LogP contribution is -2.08. The molecular formula is C22H28O. The van der Waals surface area contributed by atoms with Crippen molar-refractivity contribution in [3.05, 3.63) is 78.4 Å². The molecule has 0 aliphatic rings. The van der Waals surface area contributed by atoms with E-state index in [4.69, 9.17) is 4.74 Å². The van der Waals surface area contributed by atoms with Crippen molar-refractivity contribution in [1.82, 2.24) is 0 Å². The molecule has 2 rings (SSSR count). The van der Waals surface area contributed by atoms with Gasteiger partial charge in [-0.3, -0.25) is 0 Å². The Morgan fingerprint density at radius 2 is 1.87 bits per heavy atom. The number of benzene rings is 2. The van der Waals surface area contributed by atoms with E-state index in [1.54, 1.807) is 0 Å². The topological polar surface area (TPSA) is 9.23 Å². The van der Waals surface area contributed by atoms with Crippen molar-refractivity contribution < 1.29 is 4.74 Å². The smallest absolute Gasteiger partial charge is 0.120 e. The Kier molecular flexibility index (Phi) is 6.93. The molecule has 0 aromatic heterocycles. The SMILES string of the molecule is C=C[C@@H](c1cccc(OCc2ccccc2)c1)[C@@H](C)CCCC. The quantitative estimate of drug-likeness (QED) is 0.490. The van der Waals surface area contributed by atoms with Crippen molar-refractivity contribution in [2.24, 2.45) is 5.92 Å². The molecule has 0 saturated carbocycles. The van der Waals surface area contributed by atoms with Gasteiger partial charge in [0, 0.05) is 5.92 Å². The molecule has 0 spiro atoms. The normalized spacial score (nSPS) is 13.3. The largest absolute Gasteiger partial charge is 0.489 e. The summed E-state index contributed by atoms with van der Waals surface area (Å²) in [4.78, 5) is 0. The van der Waals surface area contributed by atoms with Crippen LogP contribution in [0.3, 0.4) is 0 Å². The lowest BCUT2D eigenvalue weighted by atomic mass is 9.84. The molecule has 23 heavy (non-hydrogen) atoms. The maximum Gasteiger partial charge on any atom is 0.120 e. The van der Waals surface area contributed by atoms with E-state index in [0.29, 0.717) is 18.4 Å². The number of rotatable bonds is 9. The van der Waals surface area contributed by atoms with Gasteiger partial charge in [0.1, 0.15) is 12.4 Å². The molecule has 0 bridgehead atoms. The maximum absolute atomic E-state index is 5.95. The van der Waals surface area contributed by atoms with Gasteiger partial charge in [-0.25, -0.2) is 0 Å². The number of hydrogen-bond acceptors (Lipinski definition) is 1. The van der Waals surface area contributed by atoms with Crippen LogP contribution in [0.2, 0.25) is 0 Å². The molecule has 2 aromatic carbocycles. The van der Waals surface area contributed by atoms with Crippen molar-refractivity contribution in [1.29, 1.82) is 0 Å². The first-order chi connectivity index (χ1) is 11.2. The third kappa shape index (κ3) is 5.28. The van der Waals surface area contributed by atoms with Gasteiger partial charge in [-0.05, 0) is 35.6 Å². The number of unbranched alkanes of at least 4 members (excludes halogenated alkanes) is 1. The third-order valence-electron chi connectivity index (χ3n) is 4.37. The van der Waals surface area contributed by atoms with Crippen molar-refractivity contribution >= 4 is 0 Å². The van der Waals surface area contributed by atoms with Crippen LogP contribution in [-0.2, 0) is 6.61 Å². The Balaban J connectivity index is 2.04. The van der Waals surface area contributed by atoms with Gasteiger partial charge in [-0.15, -0.1) is 6.58 Å². The van der Waals surface area contributed by atoms with E-state index in [0.717, 1.165) is 5.75 Å². The first kappa shape index (κ1) is 17.3. The average molecular weight is 308 g/mol. The van der Waals surface area contributed by atoms with Gasteiger partial charge in [0.25, 0.3) is 0 Å². The lowest BCUT2D eigenvalue weighted by Gasteiger charge is -2.21. The highest BCUT2D eigenvalue weighted by Crippen LogP contribution is 2.31. The molecule has 2 atom stereocenters. The molecule has 2 aromatic rings. The zero-order valence-electron chi connectivity index (χ0n) is 14.4. The van der Waals surface area contributed by atoms with E-state index in [2.05, 4.69) is 56.8 Å². The summed E-state index contributed by atoms with van der Waals surface area (Å²) in [6.07, 6.45) is 5.84. The third-order valence-corrected chi connectivity index (χ3v) is 4.37. The number of hydrogen-bond donors (Lipinski definition) is 0. The molecule has 0 aliphatic heterocycles. The Hall–Kier alpha value is -2.02. The summed E-state index contributed by atoms with van der Waals surface area (Å²) < 4.78 is 5.95. The molecule has 122 valence electrons. The van der Waals surface area contributed by atoms with Gasteiger partial charge in [0.2, 0.25) is 0 Å². The zero-order chi connectivity index (χ0) is 16.5. The molecule has 0 N–H and O–H groups in total. The molecule has 1 nitrogen and oxygen atoms in total. The van der Waals surface area contributed by atoms with Crippen LogP contribution in [-0.4, -0.2) is 0 Å². The number of ether oxygens (including phenoxy) is 1. The molecule has 0 heterocycles.